The van der Waals surface area contributed by atoms with Gasteiger partial charge < -0.3 is 14.5 Å². The minimum atomic E-state index is -0.632. The zero-order chi connectivity index (χ0) is 26.6. The van der Waals surface area contributed by atoms with Crippen molar-refractivity contribution in [2.75, 3.05) is 17.3 Å². The molecule has 0 radical (unpaired) electrons. The fraction of sp³-hybridized carbons (Fsp3) is 0.323. The molecule has 196 valence electrons. The van der Waals surface area contributed by atoms with Crippen molar-refractivity contribution >= 4 is 29.0 Å². The normalized spacial score (nSPS) is 18.8. The number of anilines is 2. The van der Waals surface area contributed by atoms with E-state index in [-0.39, 0.29) is 17.6 Å². The van der Waals surface area contributed by atoms with E-state index in [0.717, 1.165) is 47.7 Å². The predicted octanol–water partition coefficient (Wildman–Crippen LogP) is 6.55. The predicted molar refractivity (Wildman–Crippen MR) is 145 cm³/mol. The number of amides is 1. The number of esters is 1. The number of carbonyl (C=O) groups is 3. The second-order valence-corrected chi connectivity index (χ2v) is 9.82. The van der Waals surface area contributed by atoms with Gasteiger partial charge in [-0.25, -0.2) is 4.79 Å². The molecule has 7 nitrogen and oxygen atoms in total. The Labute approximate surface area is 222 Å². The highest BCUT2D eigenvalue weighted by atomic mass is 16.5. The zero-order valence-corrected chi connectivity index (χ0v) is 21.7. The number of nitrogens with zero attached hydrogens (tertiary/aromatic N) is 1. The standard InChI is InChI=1S/C31H32N2O5/c1-3-4-5-12-28(35)33-25-10-7-6-9-23(25)32-24-18-22(27-11-8-17-38-27)19-26(34)29(24)30(33)20-13-15-21(16-14-20)31(36)37-2/h6-11,13-17,22,30,32H,3-5,12,18-19H2,1-2H3/t22-,30-/m0/s1. The molecule has 0 spiro atoms. The van der Waals surface area contributed by atoms with Gasteiger partial charge in [0.2, 0.25) is 5.91 Å². The molecule has 0 saturated carbocycles. The smallest absolute Gasteiger partial charge is 0.337 e. The summed E-state index contributed by atoms with van der Waals surface area (Å²) < 4.78 is 10.5. The molecule has 1 aliphatic heterocycles. The maximum atomic E-state index is 13.9. The molecule has 7 heteroatoms. The Bertz CT molecular complexity index is 1360. The lowest BCUT2D eigenvalue weighted by Gasteiger charge is -2.35. The molecule has 38 heavy (non-hydrogen) atoms. The van der Waals surface area contributed by atoms with E-state index in [1.54, 1.807) is 23.3 Å². The number of allylic oxidation sites excluding steroid dienone is 1. The molecule has 1 aromatic heterocycles. The van der Waals surface area contributed by atoms with Crippen LogP contribution in [0.25, 0.3) is 0 Å². The number of hydrogen-bond donors (Lipinski definition) is 1. The van der Waals surface area contributed by atoms with Crippen molar-refractivity contribution in [2.24, 2.45) is 0 Å². The van der Waals surface area contributed by atoms with Crippen molar-refractivity contribution in [3.8, 4) is 0 Å². The molecule has 2 heterocycles. The van der Waals surface area contributed by atoms with Crippen molar-refractivity contribution in [3.63, 3.8) is 0 Å². The van der Waals surface area contributed by atoms with Gasteiger partial charge in [0.25, 0.3) is 0 Å². The minimum Gasteiger partial charge on any atom is -0.469 e. The van der Waals surface area contributed by atoms with Crippen LogP contribution in [0, 0.1) is 0 Å². The highest BCUT2D eigenvalue weighted by molar-refractivity contribution is 6.06. The first-order valence-corrected chi connectivity index (χ1v) is 13.2. The van der Waals surface area contributed by atoms with Crippen molar-refractivity contribution in [2.45, 2.75) is 57.4 Å². The minimum absolute atomic E-state index is 0.0265. The van der Waals surface area contributed by atoms with Crippen LogP contribution < -0.4 is 10.2 Å². The van der Waals surface area contributed by atoms with Gasteiger partial charge in [0.1, 0.15) is 5.76 Å². The Kier molecular flexibility index (Phi) is 7.45. The Morgan fingerprint density at radius 1 is 1.03 bits per heavy atom. The van der Waals surface area contributed by atoms with Crippen LogP contribution in [0.3, 0.4) is 0 Å². The quantitative estimate of drug-likeness (QED) is 0.285. The van der Waals surface area contributed by atoms with E-state index in [2.05, 4.69) is 12.2 Å². The van der Waals surface area contributed by atoms with Crippen LogP contribution in [0.15, 0.2) is 82.6 Å². The number of nitrogens with one attached hydrogen (secondary N) is 1. The van der Waals surface area contributed by atoms with Crippen LogP contribution in [0.5, 0.6) is 0 Å². The maximum Gasteiger partial charge on any atom is 0.337 e. The lowest BCUT2D eigenvalue weighted by atomic mass is 9.80. The van der Waals surface area contributed by atoms with Crippen LogP contribution in [-0.2, 0) is 14.3 Å². The van der Waals surface area contributed by atoms with E-state index >= 15 is 0 Å². The van der Waals surface area contributed by atoms with Gasteiger partial charge in [0.15, 0.2) is 5.78 Å². The number of ether oxygens (including phenoxy) is 1. The van der Waals surface area contributed by atoms with E-state index < -0.39 is 12.0 Å². The SMILES string of the molecule is CCCCCC(=O)N1c2ccccc2NC2=C(C(=O)C[C@@H](c3ccco3)C2)[C@@H]1c1ccc(C(=O)OC)cc1. The summed E-state index contributed by atoms with van der Waals surface area (Å²) >= 11 is 0. The van der Waals surface area contributed by atoms with Gasteiger partial charge in [0, 0.05) is 30.0 Å². The van der Waals surface area contributed by atoms with Gasteiger partial charge in [-0.1, -0.05) is 44.0 Å². The summed E-state index contributed by atoms with van der Waals surface area (Å²) in [6.07, 6.45) is 5.61. The number of fused-ring (bicyclic) bond motifs is 1. The molecule has 2 atom stereocenters. The average molecular weight is 513 g/mol. The molecular formula is C31H32N2O5. The summed E-state index contributed by atoms with van der Waals surface area (Å²) in [4.78, 5) is 41.7. The molecule has 1 aliphatic carbocycles. The van der Waals surface area contributed by atoms with Gasteiger partial charge in [-0.3, -0.25) is 14.5 Å². The van der Waals surface area contributed by atoms with Crippen molar-refractivity contribution in [1.29, 1.82) is 0 Å². The Hall–Kier alpha value is -4.13. The molecule has 0 saturated heterocycles. The molecule has 1 amide bonds. The number of rotatable bonds is 7. The van der Waals surface area contributed by atoms with E-state index in [9.17, 15) is 14.4 Å². The molecular weight excluding hydrogens is 480 g/mol. The van der Waals surface area contributed by atoms with Gasteiger partial charge in [-0.2, -0.15) is 0 Å². The summed E-state index contributed by atoms with van der Waals surface area (Å²) in [6.45, 7) is 2.11. The van der Waals surface area contributed by atoms with Crippen molar-refractivity contribution in [3.05, 3.63) is 95.1 Å². The summed E-state index contributed by atoms with van der Waals surface area (Å²) in [6, 6.07) is 17.8. The highest BCUT2D eigenvalue weighted by Gasteiger charge is 2.41. The number of methoxy groups -OCH3 is 1. The van der Waals surface area contributed by atoms with Crippen molar-refractivity contribution < 1.29 is 23.5 Å². The molecule has 0 fully saturated rings. The van der Waals surface area contributed by atoms with Crippen LogP contribution in [0.2, 0.25) is 0 Å². The maximum absolute atomic E-state index is 13.9. The van der Waals surface area contributed by atoms with E-state index in [1.165, 1.54) is 7.11 Å². The largest absolute Gasteiger partial charge is 0.469 e. The first-order valence-electron chi connectivity index (χ1n) is 13.2. The Morgan fingerprint density at radius 3 is 2.53 bits per heavy atom. The number of hydrogen-bond acceptors (Lipinski definition) is 6. The molecule has 0 unspecified atom stereocenters. The fourth-order valence-corrected chi connectivity index (χ4v) is 5.47. The van der Waals surface area contributed by atoms with Gasteiger partial charge in [0.05, 0.1) is 36.4 Å². The Balaban J connectivity index is 1.66. The molecule has 2 aliphatic rings. The van der Waals surface area contributed by atoms with Gasteiger partial charge >= 0.3 is 5.97 Å². The fourth-order valence-electron chi connectivity index (χ4n) is 5.47. The summed E-state index contributed by atoms with van der Waals surface area (Å²) in [5.74, 6) is 0.179. The Morgan fingerprint density at radius 2 is 1.82 bits per heavy atom. The number of Topliss-reactive ketones (excluding diaryl/α,β-unsaturated/α-hetero) is 1. The topological polar surface area (TPSA) is 88.9 Å². The second kappa shape index (κ2) is 11.1. The molecule has 2 aromatic carbocycles. The zero-order valence-electron chi connectivity index (χ0n) is 21.7. The van der Waals surface area contributed by atoms with Gasteiger partial charge in [-0.05, 0) is 54.8 Å². The van der Waals surface area contributed by atoms with Crippen LogP contribution >= 0.6 is 0 Å². The summed E-state index contributed by atoms with van der Waals surface area (Å²) in [5.41, 5.74) is 4.06. The molecule has 5 rings (SSSR count). The number of furan rings is 1. The van der Waals surface area contributed by atoms with Gasteiger partial charge in [-0.15, -0.1) is 0 Å². The van der Waals surface area contributed by atoms with Crippen LogP contribution in [0.1, 0.15) is 79.1 Å². The molecule has 3 aromatic rings. The first-order chi connectivity index (χ1) is 18.5. The third-order valence-corrected chi connectivity index (χ3v) is 7.34. The highest BCUT2D eigenvalue weighted by Crippen LogP contribution is 2.47. The second-order valence-electron chi connectivity index (χ2n) is 9.82. The molecule has 1 N–H and O–H groups in total. The lowest BCUT2D eigenvalue weighted by Crippen LogP contribution is -2.38. The number of ketones is 1. The van der Waals surface area contributed by atoms with Crippen LogP contribution in [0.4, 0.5) is 11.4 Å². The van der Waals surface area contributed by atoms with Crippen molar-refractivity contribution in [1.82, 2.24) is 0 Å². The van der Waals surface area contributed by atoms with E-state index in [0.29, 0.717) is 30.4 Å². The van der Waals surface area contributed by atoms with E-state index in [1.807, 2.05) is 48.5 Å². The summed E-state index contributed by atoms with van der Waals surface area (Å²) in [7, 11) is 1.34. The summed E-state index contributed by atoms with van der Waals surface area (Å²) in [5, 5.41) is 3.52. The lowest BCUT2D eigenvalue weighted by molar-refractivity contribution is -0.119. The number of para-hydroxylation sites is 2. The number of unbranched alkanes of at least 4 members (excludes halogenated alkanes) is 2. The third kappa shape index (κ3) is 4.88. The third-order valence-electron chi connectivity index (χ3n) is 7.34. The van der Waals surface area contributed by atoms with E-state index in [4.69, 9.17) is 9.15 Å². The average Bonchev–Trinajstić information content (AvgIpc) is 3.43. The molecule has 0 bridgehead atoms. The number of benzene rings is 2. The monoisotopic (exact) mass is 512 g/mol. The number of carbonyl (C=O) groups excluding carboxylic acids is 3. The first kappa shape index (κ1) is 25.5. The van der Waals surface area contributed by atoms with Crippen LogP contribution in [-0.4, -0.2) is 24.8 Å².